The van der Waals surface area contributed by atoms with Crippen molar-refractivity contribution in [3.05, 3.63) is 0 Å². The van der Waals surface area contributed by atoms with E-state index in [4.69, 9.17) is 10.5 Å². The zero-order chi connectivity index (χ0) is 14.3. The molecule has 0 aliphatic carbocycles. The molecule has 0 aromatic rings. The molecule has 0 aliphatic rings. The van der Waals surface area contributed by atoms with E-state index in [1.807, 2.05) is 6.92 Å². The van der Waals surface area contributed by atoms with Crippen molar-refractivity contribution >= 4 is 11.9 Å². The number of carbonyl (C=O) groups is 2. The summed E-state index contributed by atoms with van der Waals surface area (Å²) < 4.78 is 0.0357. The van der Waals surface area contributed by atoms with E-state index in [2.05, 4.69) is 10.2 Å². The third-order valence-corrected chi connectivity index (χ3v) is 2.62. The molecule has 8 nitrogen and oxygen atoms in total. The molecule has 0 saturated heterocycles. The highest BCUT2D eigenvalue weighted by Crippen LogP contribution is 2.18. The van der Waals surface area contributed by atoms with Crippen LogP contribution in [0.5, 0.6) is 0 Å². The summed E-state index contributed by atoms with van der Waals surface area (Å²) in [5.41, 5.74) is -1.44. The van der Waals surface area contributed by atoms with E-state index in [1.54, 1.807) is 0 Å². The van der Waals surface area contributed by atoms with Crippen molar-refractivity contribution in [1.82, 2.24) is 5.32 Å². The van der Waals surface area contributed by atoms with E-state index in [0.717, 1.165) is 6.42 Å². The second-order valence-corrected chi connectivity index (χ2v) is 4.25. The highest BCUT2D eigenvalue weighted by atomic mass is 17.5. The summed E-state index contributed by atoms with van der Waals surface area (Å²) in [6, 6.07) is -1.01. The van der Waals surface area contributed by atoms with Crippen LogP contribution in [-0.2, 0) is 19.1 Å². The van der Waals surface area contributed by atoms with Gasteiger partial charge in [0.1, 0.15) is 6.04 Å². The van der Waals surface area contributed by atoms with Crippen molar-refractivity contribution in [1.29, 1.82) is 0 Å². The highest BCUT2D eigenvalue weighted by Gasteiger charge is 2.45. The SMILES string of the molecule is CCCCC(C)(NC(C)C(=O)OO)C(=O)[O+]([O-])O. The monoisotopic (exact) mass is 265 g/mol. The molecule has 18 heavy (non-hydrogen) atoms. The Morgan fingerprint density at radius 3 is 2.50 bits per heavy atom. The third kappa shape index (κ3) is 4.57. The van der Waals surface area contributed by atoms with Crippen LogP contribution in [0.4, 0.5) is 0 Å². The van der Waals surface area contributed by atoms with E-state index in [-0.39, 0.29) is 11.1 Å². The van der Waals surface area contributed by atoms with Gasteiger partial charge < -0.3 is 9.93 Å². The van der Waals surface area contributed by atoms with Crippen molar-refractivity contribution in [3.8, 4) is 0 Å². The maximum atomic E-state index is 11.6. The summed E-state index contributed by atoms with van der Waals surface area (Å²) in [5.74, 6) is -2.18. The lowest BCUT2D eigenvalue weighted by atomic mass is 9.94. The van der Waals surface area contributed by atoms with Gasteiger partial charge in [-0.1, -0.05) is 19.8 Å². The van der Waals surface area contributed by atoms with Crippen LogP contribution in [0.15, 0.2) is 0 Å². The first-order valence-corrected chi connectivity index (χ1v) is 5.56. The summed E-state index contributed by atoms with van der Waals surface area (Å²) in [4.78, 5) is 26.1. The fourth-order valence-electron chi connectivity index (χ4n) is 1.57. The Labute approximate surface area is 105 Å². The van der Waals surface area contributed by atoms with Crippen LogP contribution in [0.3, 0.4) is 0 Å². The van der Waals surface area contributed by atoms with Crippen LogP contribution in [-0.4, -0.2) is 34.0 Å². The Hall–Kier alpha value is -1.22. The Bertz CT molecular complexity index is 294. The molecule has 0 heterocycles. The van der Waals surface area contributed by atoms with Gasteiger partial charge in [-0.15, -0.1) is 0 Å². The molecule has 2 atom stereocenters. The van der Waals surface area contributed by atoms with E-state index < -0.39 is 23.5 Å². The lowest BCUT2D eigenvalue weighted by Crippen LogP contribution is -2.59. The summed E-state index contributed by atoms with van der Waals surface area (Å²) >= 11 is 0. The summed E-state index contributed by atoms with van der Waals surface area (Å²) in [6.07, 6.45) is 1.60. The van der Waals surface area contributed by atoms with Gasteiger partial charge in [-0.25, -0.2) is 4.79 Å². The molecule has 0 radical (unpaired) electrons. The first kappa shape index (κ1) is 16.8. The zero-order valence-corrected chi connectivity index (χ0v) is 10.6. The third-order valence-electron chi connectivity index (χ3n) is 2.62. The van der Waals surface area contributed by atoms with Gasteiger partial charge in [-0.2, -0.15) is 10.5 Å². The van der Waals surface area contributed by atoms with E-state index in [0.29, 0.717) is 6.42 Å². The number of unbranched alkanes of at least 4 members (excludes halogenated alkanes) is 1. The molecule has 0 saturated carbocycles. The first-order chi connectivity index (χ1) is 8.28. The smallest absolute Gasteiger partial charge is 0.547 e. The quantitative estimate of drug-likeness (QED) is 0.330. The van der Waals surface area contributed by atoms with Crippen molar-refractivity contribution < 1.29 is 34.9 Å². The molecule has 0 aromatic carbocycles. The lowest BCUT2D eigenvalue weighted by molar-refractivity contribution is -0.865. The minimum absolute atomic E-state index is 0.0357. The second kappa shape index (κ2) is 7.27. The predicted molar refractivity (Wildman–Crippen MR) is 58.0 cm³/mol. The number of hydrogen-bond donors (Lipinski definition) is 3. The van der Waals surface area contributed by atoms with Gasteiger partial charge in [0, 0.05) is 4.79 Å². The molecule has 0 aliphatic heterocycles. The largest absolute Gasteiger partial charge is 0.574 e. The molecule has 0 rings (SSSR count). The zero-order valence-electron chi connectivity index (χ0n) is 10.6. The van der Waals surface area contributed by atoms with Crippen LogP contribution >= 0.6 is 0 Å². The first-order valence-electron chi connectivity index (χ1n) is 5.56. The number of nitrogens with one attached hydrogen (secondary N) is 1. The molecule has 8 heteroatoms. The maximum Gasteiger partial charge on any atom is 0.574 e. The van der Waals surface area contributed by atoms with E-state index >= 15 is 0 Å². The molecule has 0 bridgehead atoms. The Morgan fingerprint density at radius 2 is 2.11 bits per heavy atom. The minimum Gasteiger partial charge on any atom is -0.547 e. The molecule has 0 spiro atoms. The lowest BCUT2D eigenvalue weighted by Gasteiger charge is -2.30. The summed E-state index contributed by atoms with van der Waals surface area (Å²) in [6.45, 7) is 4.62. The Kier molecular flexibility index (Phi) is 6.77. The standard InChI is InChI=1S/C10H19NO7/c1-4-5-6-10(3,9(13)18(15)16)11-7(2)8(12)17-14/h7,11,14-15H,4-6H2,1-3H3. The molecule has 106 valence electrons. The van der Waals surface area contributed by atoms with Crippen molar-refractivity contribution in [2.24, 2.45) is 0 Å². The molecular formula is C10H19NO7. The van der Waals surface area contributed by atoms with Crippen LogP contribution < -0.4 is 10.6 Å². The molecule has 2 unspecified atom stereocenters. The fourth-order valence-corrected chi connectivity index (χ4v) is 1.57. The highest BCUT2D eigenvalue weighted by molar-refractivity contribution is 5.82. The van der Waals surface area contributed by atoms with Crippen molar-refractivity contribution in [2.75, 3.05) is 0 Å². The molecular weight excluding hydrogens is 246 g/mol. The Balaban J connectivity index is 4.86. The molecule has 0 amide bonds. The topological polar surface area (TPSA) is 122 Å². The predicted octanol–water partition coefficient (Wildman–Crippen LogP) is -0.243. The maximum absolute atomic E-state index is 11.6. The fraction of sp³-hybridized carbons (Fsp3) is 0.800. The van der Waals surface area contributed by atoms with E-state index in [9.17, 15) is 14.8 Å². The second-order valence-electron chi connectivity index (χ2n) is 4.25. The van der Waals surface area contributed by atoms with Gasteiger partial charge in [0.25, 0.3) is 0 Å². The molecule has 0 aromatic heterocycles. The summed E-state index contributed by atoms with van der Waals surface area (Å²) in [7, 11) is 0. The van der Waals surface area contributed by atoms with E-state index in [1.165, 1.54) is 13.8 Å². The van der Waals surface area contributed by atoms with Gasteiger partial charge in [-0.3, -0.25) is 10.2 Å². The van der Waals surface area contributed by atoms with Crippen LogP contribution in [0.2, 0.25) is 0 Å². The average molecular weight is 265 g/mol. The van der Waals surface area contributed by atoms with Crippen LogP contribution in [0.1, 0.15) is 40.0 Å². The average Bonchev–Trinajstić information content (AvgIpc) is 2.33. The van der Waals surface area contributed by atoms with Gasteiger partial charge in [0.2, 0.25) is 0 Å². The molecule has 0 fully saturated rings. The van der Waals surface area contributed by atoms with Crippen molar-refractivity contribution in [2.45, 2.75) is 51.6 Å². The normalized spacial score (nSPS) is 15.7. The molecule has 3 N–H and O–H groups in total. The number of carbonyl (C=O) groups excluding carboxylic acids is 2. The van der Waals surface area contributed by atoms with Gasteiger partial charge in [0.15, 0.2) is 5.54 Å². The van der Waals surface area contributed by atoms with Gasteiger partial charge >= 0.3 is 11.9 Å². The van der Waals surface area contributed by atoms with Crippen molar-refractivity contribution in [3.63, 3.8) is 0 Å². The van der Waals surface area contributed by atoms with Crippen LogP contribution in [0.25, 0.3) is 0 Å². The van der Waals surface area contributed by atoms with Gasteiger partial charge in [0.05, 0.1) is 0 Å². The van der Waals surface area contributed by atoms with Crippen LogP contribution in [0, 0.1) is 0 Å². The summed E-state index contributed by atoms with van der Waals surface area (Å²) in [5, 5.41) is 30.0. The number of hydrogen-bond acceptors (Lipinski definition) is 7. The van der Waals surface area contributed by atoms with Gasteiger partial charge in [-0.05, 0) is 20.3 Å². The minimum atomic E-state index is -1.44. The Morgan fingerprint density at radius 1 is 1.56 bits per heavy atom. The number of rotatable bonds is 7.